The first-order valence-electron chi connectivity index (χ1n) is 6.92. The van der Waals surface area contributed by atoms with Crippen LogP contribution < -0.4 is 11.1 Å². The minimum absolute atomic E-state index is 0. The van der Waals surface area contributed by atoms with Crippen molar-refractivity contribution in [1.29, 1.82) is 0 Å². The molecule has 0 aliphatic heterocycles. The van der Waals surface area contributed by atoms with Crippen LogP contribution in [0.2, 0.25) is 0 Å². The normalized spacial score (nSPS) is 19.2. The van der Waals surface area contributed by atoms with Crippen LogP contribution in [0.25, 0.3) is 0 Å². The van der Waals surface area contributed by atoms with E-state index >= 15 is 0 Å². The van der Waals surface area contributed by atoms with Crippen LogP contribution in [0.1, 0.15) is 59.8 Å². The Morgan fingerprint density at radius 2 is 1.72 bits per heavy atom. The van der Waals surface area contributed by atoms with E-state index in [2.05, 4.69) is 19.2 Å². The maximum atomic E-state index is 12.0. The second-order valence-electron chi connectivity index (χ2n) is 6.32. The van der Waals surface area contributed by atoms with Gasteiger partial charge in [0.2, 0.25) is 5.91 Å². The van der Waals surface area contributed by atoms with Crippen molar-refractivity contribution in [2.75, 3.05) is 0 Å². The van der Waals surface area contributed by atoms with Crippen LogP contribution in [-0.4, -0.2) is 17.5 Å². The van der Waals surface area contributed by atoms with E-state index in [9.17, 15) is 4.79 Å². The highest BCUT2D eigenvalue weighted by Crippen LogP contribution is 2.32. The van der Waals surface area contributed by atoms with Gasteiger partial charge in [0, 0.05) is 5.54 Å². The summed E-state index contributed by atoms with van der Waals surface area (Å²) in [6, 6.07) is -0.391. The molecule has 1 fully saturated rings. The van der Waals surface area contributed by atoms with Crippen molar-refractivity contribution >= 4 is 18.3 Å². The van der Waals surface area contributed by atoms with Crippen LogP contribution >= 0.6 is 12.4 Å². The van der Waals surface area contributed by atoms with Gasteiger partial charge in [0.25, 0.3) is 0 Å². The average molecular weight is 277 g/mol. The molecule has 0 bridgehead atoms. The highest BCUT2D eigenvalue weighted by molar-refractivity contribution is 5.85. The second kappa shape index (κ2) is 7.34. The molecule has 1 saturated carbocycles. The molecule has 4 heteroatoms. The first-order chi connectivity index (χ1) is 7.84. The summed E-state index contributed by atoms with van der Waals surface area (Å²) < 4.78 is 0. The van der Waals surface area contributed by atoms with E-state index in [0.717, 1.165) is 0 Å². The summed E-state index contributed by atoms with van der Waals surface area (Å²) >= 11 is 0. The number of nitrogens with two attached hydrogens (primary N) is 1. The molecule has 0 radical (unpaired) electrons. The van der Waals surface area contributed by atoms with Crippen LogP contribution in [0.15, 0.2) is 0 Å². The predicted octanol–water partition coefficient (Wildman–Crippen LogP) is 2.87. The van der Waals surface area contributed by atoms with Crippen molar-refractivity contribution in [2.45, 2.75) is 71.4 Å². The fraction of sp³-hybridized carbons (Fsp3) is 0.929. The third-order valence-corrected chi connectivity index (χ3v) is 4.09. The van der Waals surface area contributed by atoms with E-state index in [1.54, 1.807) is 0 Å². The zero-order valence-corrected chi connectivity index (χ0v) is 13.0. The lowest BCUT2D eigenvalue weighted by Crippen LogP contribution is -2.55. The summed E-state index contributed by atoms with van der Waals surface area (Å²) in [6.07, 6.45) is 6.38. The highest BCUT2D eigenvalue weighted by atomic mass is 35.5. The van der Waals surface area contributed by atoms with Crippen molar-refractivity contribution < 1.29 is 4.79 Å². The first kappa shape index (κ1) is 17.7. The maximum absolute atomic E-state index is 12.0. The molecule has 0 saturated heterocycles. The highest BCUT2D eigenvalue weighted by Gasteiger charge is 2.33. The fourth-order valence-electron chi connectivity index (χ4n) is 2.63. The Balaban J connectivity index is 0.00000289. The Morgan fingerprint density at radius 3 is 2.17 bits per heavy atom. The molecule has 18 heavy (non-hydrogen) atoms. The van der Waals surface area contributed by atoms with E-state index in [4.69, 9.17) is 5.73 Å². The quantitative estimate of drug-likeness (QED) is 0.830. The zero-order chi connectivity index (χ0) is 13.1. The first-order valence-corrected chi connectivity index (χ1v) is 6.92. The molecule has 108 valence electrons. The van der Waals surface area contributed by atoms with Crippen molar-refractivity contribution in [3.63, 3.8) is 0 Å². The third-order valence-electron chi connectivity index (χ3n) is 4.09. The van der Waals surface area contributed by atoms with Gasteiger partial charge in [-0.15, -0.1) is 12.4 Å². The molecule has 1 atom stereocenters. The Labute approximate surface area is 118 Å². The number of hydrogen-bond donors (Lipinski definition) is 2. The summed E-state index contributed by atoms with van der Waals surface area (Å²) in [7, 11) is 0. The van der Waals surface area contributed by atoms with Crippen molar-refractivity contribution in [3.05, 3.63) is 0 Å². The van der Waals surface area contributed by atoms with Crippen LogP contribution in [0.5, 0.6) is 0 Å². The minimum atomic E-state index is -0.391. The number of rotatable bonds is 4. The zero-order valence-electron chi connectivity index (χ0n) is 12.2. The summed E-state index contributed by atoms with van der Waals surface area (Å²) in [4.78, 5) is 12.0. The molecule has 3 nitrogen and oxygen atoms in total. The molecule has 1 amide bonds. The summed E-state index contributed by atoms with van der Waals surface area (Å²) in [6.45, 7) is 8.23. The van der Waals surface area contributed by atoms with Gasteiger partial charge in [0.1, 0.15) is 0 Å². The number of halogens is 1. The van der Waals surface area contributed by atoms with Gasteiger partial charge < -0.3 is 11.1 Å². The minimum Gasteiger partial charge on any atom is -0.350 e. The van der Waals surface area contributed by atoms with E-state index in [-0.39, 0.29) is 29.8 Å². The predicted molar refractivity (Wildman–Crippen MR) is 78.9 cm³/mol. The molecule has 0 spiro atoms. The SMILES string of the molecule is CC(C)[C@@H](N)C(=O)NC(C)(C)C1CCCCC1.Cl. The number of carbonyl (C=O) groups excluding carboxylic acids is 1. The second-order valence-corrected chi connectivity index (χ2v) is 6.32. The standard InChI is InChI=1S/C14H28N2O.ClH/c1-10(2)12(15)13(17)16-14(3,4)11-8-6-5-7-9-11;/h10-12H,5-9,15H2,1-4H3,(H,16,17);1H/t12-;/m1./s1. The Morgan fingerprint density at radius 1 is 1.22 bits per heavy atom. The Hall–Kier alpha value is -0.280. The molecule has 1 aliphatic carbocycles. The van der Waals surface area contributed by atoms with Crippen molar-refractivity contribution in [3.8, 4) is 0 Å². The molecule has 1 aliphatic rings. The van der Waals surface area contributed by atoms with Gasteiger partial charge >= 0.3 is 0 Å². The molecule has 0 heterocycles. The molecular weight excluding hydrogens is 248 g/mol. The van der Waals surface area contributed by atoms with Gasteiger partial charge in [-0.05, 0) is 38.5 Å². The summed E-state index contributed by atoms with van der Waals surface area (Å²) in [5, 5.41) is 3.14. The topological polar surface area (TPSA) is 55.1 Å². The molecule has 0 aromatic carbocycles. The smallest absolute Gasteiger partial charge is 0.237 e. The lowest BCUT2D eigenvalue weighted by Gasteiger charge is -2.38. The van der Waals surface area contributed by atoms with Crippen LogP contribution in [0.4, 0.5) is 0 Å². The van der Waals surface area contributed by atoms with Gasteiger partial charge in [-0.2, -0.15) is 0 Å². The Bertz CT molecular complexity index is 261. The number of carbonyl (C=O) groups is 1. The molecule has 0 aromatic heterocycles. The fourth-order valence-corrected chi connectivity index (χ4v) is 2.63. The van der Waals surface area contributed by atoms with E-state index in [0.29, 0.717) is 5.92 Å². The van der Waals surface area contributed by atoms with Crippen molar-refractivity contribution in [1.82, 2.24) is 5.32 Å². The summed E-state index contributed by atoms with van der Waals surface area (Å²) in [5.41, 5.74) is 5.76. The van der Waals surface area contributed by atoms with Gasteiger partial charge in [-0.1, -0.05) is 33.1 Å². The molecular formula is C14H29ClN2O. The van der Waals surface area contributed by atoms with Crippen LogP contribution in [0, 0.1) is 11.8 Å². The number of hydrogen-bond acceptors (Lipinski definition) is 2. The van der Waals surface area contributed by atoms with E-state index in [1.807, 2.05) is 13.8 Å². The van der Waals surface area contributed by atoms with Gasteiger partial charge in [0.05, 0.1) is 6.04 Å². The largest absolute Gasteiger partial charge is 0.350 e. The average Bonchev–Trinajstić information content (AvgIpc) is 2.28. The van der Waals surface area contributed by atoms with Crippen molar-refractivity contribution in [2.24, 2.45) is 17.6 Å². The monoisotopic (exact) mass is 276 g/mol. The molecule has 0 unspecified atom stereocenters. The molecule has 0 aromatic rings. The molecule has 3 N–H and O–H groups in total. The van der Waals surface area contributed by atoms with E-state index < -0.39 is 6.04 Å². The van der Waals surface area contributed by atoms with Gasteiger partial charge in [0.15, 0.2) is 0 Å². The van der Waals surface area contributed by atoms with Gasteiger partial charge in [-0.3, -0.25) is 4.79 Å². The lowest BCUT2D eigenvalue weighted by molar-refractivity contribution is -0.125. The lowest BCUT2D eigenvalue weighted by atomic mass is 9.76. The summed E-state index contributed by atoms with van der Waals surface area (Å²) in [5.74, 6) is 0.785. The maximum Gasteiger partial charge on any atom is 0.237 e. The number of amides is 1. The van der Waals surface area contributed by atoms with Gasteiger partial charge in [-0.25, -0.2) is 0 Å². The van der Waals surface area contributed by atoms with Crippen LogP contribution in [-0.2, 0) is 4.79 Å². The number of nitrogens with one attached hydrogen (secondary N) is 1. The van der Waals surface area contributed by atoms with E-state index in [1.165, 1.54) is 32.1 Å². The third kappa shape index (κ3) is 4.77. The van der Waals surface area contributed by atoms with Crippen LogP contribution in [0.3, 0.4) is 0 Å². The Kier molecular flexibility index (Phi) is 7.23. The molecule has 1 rings (SSSR count).